The quantitative estimate of drug-likeness (QED) is 0.677. The molecular formula is C20H24N2O3. The summed E-state index contributed by atoms with van der Waals surface area (Å²) in [5.74, 6) is 1.79. The van der Waals surface area contributed by atoms with Crippen LogP contribution in [0.2, 0.25) is 0 Å². The molecule has 1 N–H and O–H groups in total. The zero-order chi connectivity index (χ0) is 17.6. The first-order valence-corrected chi connectivity index (χ1v) is 8.96. The van der Waals surface area contributed by atoms with Gasteiger partial charge in [0.1, 0.15) is 11.3 Å². The Kier molecular flexibility index (Phi) is 3.82. The van der Waals surface area contributed by atoms with Gasteiger partial charge >= 0.3 is 6.03 Å². The Bertz CT molecular complexity index is 727. The molecule has 0 aromatic heterocycles. The van der Waals surface area contributed by atoms with Gasteiger partial charge in [-0.05, 0) is 61.6 Å². The van der Waals surface area contributed by atoms with Crippen LogP contribution in [0.3, 0.4) is 0 Å². The molecule has 2 fully saturated rings. The minimum Gasteiger partial charge on any atom is -0.497 e. The molecule has 1 aliphatic heterocycles. The number of hydrogen-bond acceptors (Lipinski definition) is 3. The zero-order valence-corrected chi connectivity index (χ0v) is 14.7. The average Bonchev–Trinajstić information content (AvgIpc) is 2.87. The van der Waals surface area contributed by atoms with Crippen molar-refractivity contribution in [2.75, 3.05) is 7.11 Å². The number of carbonyl (C=O) groups excluding carboxylic acids is 2. The van der Waals surface area contributed by atoms with Crippen LogP contribution in [0.1, 0.15) is 31.7 Å². The summed E-state index contributed by atoms with van der Waals surface area (Å²) >= 11 is 0. The number of nitrogens with zero attached hydrogens (tertiary/aromatic N) is 1. The van der Waals surface area contributed by atoms with Gasteiger partial charge in [0.05, 0.1) is 13.7 Å². The number of rotatable bonds is 4. The van der Waals surface area contributed by atoms with Crippen molar-refractivity contribution in [1.82, 2.24) is 10.2 Å². The van der Waals surface area contributed by atoms with Crippen molar-refractivity contribution >= 4 is 11.9 Å². The maximum absolute atomic E-state index is 13.1. The summed E-state index contributed by atoms with van der Waals surface area (Å²) in [5.41, 5.74) is 0.121. The van der Waals surface area contributed by atoms with Crippen LogP contribution in [0.15, 0.2) is 36.4 Å². The Morgan fingerprint density at radius 1 is 1.20 bits per heavy atom. The van der Waals surface area contributed by atoms with Crippen LogP contribution in [0, 0.1) is 17.8 Å². The van der Waals surface area contributed by atoms with Gasteiger partial charge in [-0.25, -0.2) is 4.79 Å². The zero-order valence-electron chi connectivity index (χ0n) is 14.7. The second kappa shape index (κ2) is 5.90. The fourth-order valence-corrected chi connectivity index (χ4v) is 4.62. The second-order valence-corrected chi connectivity index (χ2v) is 7.60. The van der Waals surface area contributed by atoms with E-state index >= 15 is 0 Å². The predicted molar refractivity (Wildman–Crippen MR) is 93.9 cm³/mol. The fourth-order valence-electron chi connectivity index (χ4n) is 4.62. The van der Waals surface area contributed by atoms with Gasteiger partial charge < -0.3 is 10.1 Å². The standard InChI is InChI=1S/C20H24N2O3/c1-20(17-11-13-3-7-15(17)8-4-13)18(23)22(19(24)21-20)12-14-5-9-16(25-2)10-6-14/h3,5-7,9-10,13,15,17H,4,8,11-12H2,1-2H3,(H,21,24). The van der Waals surface area contributed by atoms with Crippen LogP contribution < -0.4 is 10.1 Å². The number of benzene rings is 1. The van der Waals surface area contributed by atoms with E-state index in [9.17, 15) is 9.59 Å². The summed E-state index contributed by atoms with van der Waals surface area (Å²) in [6.45, 7) is 2.20. The molecule has 5 nitrogen and oxygen atoms in total. The topological polar surface area (TPSA) is 58.6 Å². The van der Waals surface area contributed by atoms with E-state index in [0.29, 0.717) is 18.4 Å². The molecule has 3 amide bonds. The molecule has 1 saturated carbocycles. The van der Waals surface area contributed by atoms with Crippen molar-refractivity contribution < 1.29 is 14.3 Å². The van der Waals surface area contributed by atoms with Crippen LogP contribution in [-0.2, 0) is 11.3 Å². The Hall–Kier alpha value is -2.30. The summed E-state index contributed by atoms with van der Waals surface area (Å²) in [6.07, 6.45) is 7.83. The van der Waals surface area contributed by atoms with E-state index in [1.807, 2.05) is 31.2 Å². The predicted octanol–water partition coefficient (Wildman–Crippen LogP) is 3.11. The van der Waals surface area contributed by atoms with E-state index in [2.05, 4.69) is 17.5 Å². The highest BCUT2D eigenvalue weighted by Crippen LogP contribution is 2.46. The van der Waals surface area contributed by atoms with Crippen LogP contribution in [0.5, 0.6) is 5.75 Å². The maximum atomic E-state index is 13.1. The molecule has 0 spiro atoms. The second-order valence-electron chi connectivity index (χ2n) is 7.60. The summed E-state index contributed by atoms with van der Waals surface area (Å²) in [5, 5.41) is 3.01. The first kappa shape index (κ1) is 16.2. The maximum Gasteiger partial charge on any atom is 0.325 e. The number of nitrogens with one attached hydrogen (secondary N) is 1. The largest absolute Gasteiger partial charge is 0.497 e. The number of urea groups is 1. The molecule has 4 aliphatic rings. The molecule has 1 aromatic carbocycles. The Morgan fingerprint density at radius 2 is 1.96 bits per heavy atom. The van der Waals surface area contributed by atoms with Gasteiger partial charge in [0.2, 0.25) is 0 Å². The molecule has 2 bridgehead atoms. The lowest BCUT2D eigenvalue weighted by atomic mass is 9.62. The van der Waals surface area contributed by atoms with Crippen LogP contribution >= 0.6 is 0 Å². The van der Waals surface area contributed by atoms with Crippen molar-refractivity contribution in [2.45, 2.75) is 38.3 Å². The molecule has 5 rings (SSSR count). The van der Waals surface area contributed by atoms with E-state index in [-0.39, 0.29) is 17.9 Å². The number of carbonyl (C=O) groups is 2. The number of allylic oxidation sites excluding steroid dienone is 2. The molecule has 1 aromatic rings. The van der Waals surface area contributed by atoms with Crippen LogP contribution in [0.25, 0.3) is 0 Å². The van der Waals surface area contributed by atoms with Crippen molar-refractivity contribution in [2.24, 2.45) is 17.8 Å². The number of hydrogen-bond donors (Lipinski definition) is 1. The van der Waals surface area contributed by atoms with E-state index in [4.69, 9.17) is 4.74 Å². The van der Waals surface area contributed by atoms with Gasteiger partial charge in [-0.3, -0.25) is 9.69 Å². The smallest absolute Gasteiger partial charge is 0.325 e. The molecule has 25 heavy (non-hydrogen) atoms. The van der Waals surface area contributed by atoms with E-state index in [1.54, 1.807) is 7.11 Å². The fraction of sp³-hybridized carbons (Fsp3) is 0.500. The Labute approximate surface area is 148 Å². The average molecular weight is 340 g/mol. The van der Waals surface area contributed by atoms with Gasteiger partial charge in [-0.15, -0.1) is 0 Å². The van der Waals surface area contributed by atoms with Gasteiger partial charge in [0.15, 0.2) is 0 Å². The third kappa shape index (κ3) is 2.62. The van der Waals surface area contributed by atoms with Gasteiger partial charge in [-0.1, -0.05) is 24.3 Å². The third-order valence-electron chi connectivity index (χ3n) is 6.12. The first-order chi connectivity index (χ1) is 12.0. The van der Waals surface area contributed by atoms with Crippen molar-refractivity contribution in [3.63, 3.8) is 0 Å². The van der Waals surface area contributed by atoms with E-state index in [1.165, 1.54) is 11.3 Å². The molecule has 1 saturated heterocycles. The number of amides is 3. The lowest BCUT2D eigenvalue weighted by molar-refractivity contribution is -0.134. The van der Waals surface area contributed by atoms with Crippen molar-refractivity contribution in [3.05, 3.63) is 42.0 Å². The Morgan fingerprint density at radius 3 is 2.52 bits per heavy atom. The lowest BCUT2D eigenvalue weighted by Gasteiger charge is -2.44. The summed E-state index contributed by atoms with van der Waals surface area (Å²) in [4.78, 5) is 27.0. The minimum absolute atomic E-state index is 0.0979. The summed E-state index contributed by atoms with van der Waals surface area (Å²) in [7, 11) is 1.62. The molecule has 0 radical (unpaired) electrons. The minimum atomic E-state index is -0.794. The van der Waals surface area contributed by atoms with E-state index in [0.717, 1.165) is 24.2 Å². The SMILES string of the molecule is COc1ccc(CN2C(=O)NC(C)(C3CC4C=CC3CC4)C2=O)cc1. The molecule has 4 atom stereocenters. The molecule has 4 unspecified atom stereocenters. The number of imide groups is 1. The number of fused-ring (bicyclic) bond motifs is 2. The third-order valence-corrected chi connectivity index (χ3v) is 6.12. The van der Waals surface area contributed by atoms with Gasteiger partial charge in [-0.2, -0.15) is 0 Å². The van der Waals surface area contributed by atoms with Gasteiger partial charge in [0.25, 0.3) is 5.91 Å². The molecule has 132 valence electrons. The molecule has 5 heteroatoms. The lowest BCUT2D eigenvalue weighted by Crippen LogP contribution is -2.55. The van der Waals surface area contributed by atoms with Crippen LogP contribution in [-0.4, -0.2) is 29.5 Å². The van der Waals surface area contributed by atoms with E-state index < -0.39 is 5.54 Å². The summed E-state index contributed by atoms with van der Waals surface area (Å²) in [6, 6.07) is 7.19. The van der Waals surface area contributed by atoms with Gasteiger partial charge in [0, 0.05) is 0 Å². The monoisotopic (exact) mass is 340 g/mol. The molecule has 1 heterocycles. The number of methoxy groups -OCH3 is 1. The highest BCUT2D eigenvalue weighted by molar-refractivity contribution is 6.07. The molecular weight excluding hydrogens is 316 g/mol. The number of ether oxygens (including phenoxy) is 1. The highest BCUT2D eigenvalue weighted by Gasteiger charge is 2.55. The molecule has 3 aliphatic carbocycles. The highest BCUT2D eigenvalue weighted by atomic mass is 16.5. The Balaban J connectivity index is 1.54. The first-order valence-electron chi connectivity index (χ1n) is 8.96. The normalized spacial score (nSPS) is 33.7. The van der Waals surface area contributed by atoms with Crippen LogP contribution in [0.4, 0.5) is 4.79 Å². The van der Waals surface area contributed by atoms with Crippen molar-refractivity contribution in [1.29, 1.82) is 0 Å². The summed E-state index contributed by atoms with van der Waals surface area (Å²) < 4.78 is 5.16. The van der Waals surface area contributed by atoms with Crippen molar-refractivity contribution in [3.8, 4) is 5.75 Å².